The normalized spacial score (nSPS) is 23.2. The molecule has 114 valence electrons. The van der Waals surface area contributed by atoms with E-state index in [1.807, 2.05) is 13.0 Å². The van der Waals surface area contributed by atoms with Gasteiger partial charge in [0.15, 0.2) is 11.5 Å². The highest BCUT2D eigenvalue weighted by Crippen LogP contribution is 2.33. The number of aliphatic hydroxyl groups is 1. The Kier molecular flexibility index (Phi) is 5.16. The highest BCUT2D eigenvalue weighted by atomic mass is 16.3. The highest BCUT2D eigenvalue weighted by Gasteiger charge is 2.32. The lowest BCUT2D eigenvalue weighted by atomic mass is 9.79. The van der Waals surface area contributed by atoms with Gasteiger partial charge in [0.1, 0.15) is 0 Å². The summed E-state index contributed by atoms with van der Waals surface area (Å²) in [7, 11) is 0. The van der Waals surface area contributed by atoms with Crippen molar-refractivity contribution >= 4 is 11.6 Å². The van der Waals surface area contributed by atoms with Crippen LogP contribution in [0, 0.1) is 5.92 Å². The Balaban J connectivity index is 2.19. The second-order valence-electron chi connectivity index (χ2n) is 6.09. The number of aliphatic hydroxyl groups excluding tert-OH is 1. The molecule has 0 aliphatic heterocycles. The minimum atomic E-state index is -0.350. The third-order valence-corrected chi connectivity index (χ3v) is 4.33. The topological polar surface area (TPSA) is 54.4 Å². The molecule has 0 amide bonds. The number of hydrogen-bond donors (Lipinski definition) is 1. The molecule has 1 atom stereocenters. The highest BCUT2D eigenvalue weighted by molar-refractivity contribution is 6.21. The zero-order chi connectivity index (χ0) is 15.4. The van der Waals surface area contributed by atoms with Crippen molar-refractivity contribution < 1.29 is 14.7 Å². The molecule has 1 N–H and O–H groups in total. The van der Waals surface area contributed by atoms with Crippen molar-refractivity contribution in [1.29, 1.82) is 0 Å². The number of unbranched alkanes of at least 4 members (excludes halogenated alkanes) is 2. The van der Waals surface area contributed by atoms with Crippen molar-refractivity contribution in [2.45, 2.75) is 58.8 Å². The maximum Gasteiger partial charge on any atom is 0.223 e. The maximum absolute atomic E-state index is 12.3. The molecule has 0 aromatic rings. The molecule has 2 aliphatic rings. The van der Waals surface area contributed by atoms with Gasteiger partial charge in [-0.2, -0.15) is 0 Å². The largest absolute Gasteiger partial charge is 0.504 e. The van der Waals surface area contributed by atoms with Crippen LogP contribution in [0.25, 0.3) is 0 Å². The van der Waals surface area contributed by atoms with Crippen molar-refractivity contribution in [2.24, 2.45) is 5.92 Å². The first kappa shape index (κ1) is 15.7. The van der Waals surface area contributed by atoms with Crippen LogP contribution in [0.15, 0.2) is 34.6 Å². The van der Waals surface area contributed by atoms with Gasteiger partial charge in [-0.15, -0.1) is 0 Å². The van der Waals surface area contributed by atoms with Crippen LogP contribution in [0.5, 0.6) is 0 Å². The summed E-state index contributed by atoms with van der Waals surface area (Å²) >= 11 is 0. The lowest BCUT2D eigenvalue weighted by molar-refractivity contribution is -0.118. The Morgan fingerprint density at radius 2 is 2.05 bits per heavy atom. The molecule has 0 saturated carbocycles. The van der Waals surface area contributed by atoms with E-state index < -0.39 is 0 Å². The van der Waals surface area contributed by atoms with Gasteiger partial charge in [0.2, 0.25) is 5.78 Å². The van der Waals surface area contributed by atoms with Gasteiger partial charge in [-0.1, -0.05) is 31.4 Å². The van der Waals surface area contributed by atoms with Crippen LogP contribution in [0.1, 0.15) is 58.8 Å². The second kappa shape index (κ2) is 6.88. The Hall–Kier alpha value is -1.64. The summed E-state index contributed by atoms with van der Waals surface area (Å²) in [5, 5.41) is 10.2. The zero-order valence-corrected chi connectivity index (χ0v) is 12.9. The van der Waals surface area contributed by atoms with E-state index >= 15 is 0 Å². The molecule has 0 radical (unpaired) electrons. The molecule has 21 heavy (non-hydrogen) atoms. The summed E-state index contributed by atoms with van der Waals surface area (Å²) in [5.74, 6) is -0.958. The molecule has 0 unspecified atom stereocenters. The van der Waals surface area contributed by atoms with Crippen molar-refractivity contribution in [3.05, 3.63) is 34.6 Å². The molecular weight excluding hydrogens is 264 g/mol. The smallest absolute Gasteiger partial charge is 0.223 e. The van der Waals surface area contributed by atoms with E-state index in [0.29, 0.717) is 17.6 Å². The number of carbonyl (C=O) groups excluding carboxylic acids is 2. The van der Waals surface area contributed by atoms with Crippen molar-refractivity contribution in [3.63, 3.8) is 0 Å². The Bertz CT molecular complexity index is 535. The van der Waals surface area contributed by atoms with Gasteiger partial charge >= 0.3 is 0 Å². The van der Waals surface area contributed by atoms with Crippen molar-refractivity contribution in [1.82, 2.24) is 0 Å². The van der Waals surface area contributed by atoms with Crippen molar-refractivity contribution in [2.75, 3.05) is 0 Å². The van der Waals surface area contributed by atoms with E-state index in [1.165, 1.54) is 11.6 Å². The van der Waals surface area contributed by atoms with Crippen LogP contribution in [0.2, 0.25) is 0 Å². The van der Waals surface area contributed by atoms with Gasteiger partial charge in [0.05, 0.1) is 5.57 Å². The van der Waals surface area contributed by atoms with Gasteiger partial charge in [0.25, 0.3) is 0 Å². The van der Waals surface area contributed by atoms with E-state index in [0.717, 1.165) is 38.5 Å². The Labute approximate surface area is 126 Å². The van der Waals surface area contributed by atoms with Gasteiger partial charge in [-0.25, -0.2) is 0 Å². The molecule has 3 heteroatoms. The Morgan fingerprint density at radius 1 is 1.29 bits per heavy atom. The van der Waals surface area contributed by atoms with E-state index in [2.05, 4.69) is 6.92 Å². The molecule has 0 spiro atoms. The van der Waals surface area contributed by atoms with Gasteiger partial charge < -0.3 is 5.11 Å². The average Bonchev–Trinajstić information content (AvgIpc) is 2.44. The average molecular weight is 288 g/mol. The minimum Gasteiger partial charge on any atom is -0.504 e. The number of hydrogen-bond acceptors (Lipinski definition) is 3. The molecular formula is C18H24O3. The molecule has 0 saturated heterocycles. The number of carbonyl (C=O) groups is 2. The van der Waals surface area contributed by atoms with Gasteiger partial charge in [0, 0.05) is 11.5 Å². The third-order valence-electron chi connectivity index (χ3n) is 4.33. The number of ketones is 2. The molecule has 0 bridgehead atoms. The first-order valence-corrected chi connectivity index (χ1v) is 7.94. The fourth-order valence-electron chi connectivity index (χ4n) is 3.14. The Morgan fingerprint density at radius 3 is 2.71 bits per heavy atom. The van der Waals surface area contributed by atoms with Gasteiger partial charge in [-0.05, 0) is 45.1 Å². The van der Waals surface area contributed by atoms with E-state index in [9.17, 15) is 14.7 Å². The monoisotopic (exact) mass is 288 g/mol. The first-order chi connectivity index (χ1) is 10.0. The van der Waals surface area contributed by atoms with Crippen LogP contribution in [-0.4, -0.2) is 16.7 Å². The predicted molar refractivity (Wildman–Crippen MR) is 83.0 cm³/mol. The van der Waals surface area contributed by atoms with Crippen LogP contribution >= 0.6 is 0 Å². The SMILES string of the molecule is CCCCCC1=CC(=O)C([C@@H]2C=C(C)CCC2)=C(O)C1=O. The molecule has 3 nitrogen and oxygen atoms in total. The van der Waals surface area contributed by atoms with Crippen LogP contribution in [-0.2, 0) is 9.59 Å². The first-order valence-electron chi connectivity index (χ1n) is 7.94. The predicted octanol–water partition coefficient (Wildman–Crippen LogP) is 4.20. The molecule has 2 rings (SSSR count). The van der Waals surface area contributed by atoms with Crippen LogP contribution in [0.4, 0.5) is 0 Å². The fourth-order valence-corrected chi connectivity index (χ4v) is 3.14. The summed E-state index contributed by atoms with van der Waals surface area (Å²) in [6, 6.07) is 0. The summed E-state index contributed by atoms with van der Waals surface area (Å²) in [5.41, 5.74) is 1.99. The zero-order valence-electron chi connectivity index (χ0n) is 12.9. The molecule has 2 aliphatic carbocycles. The van der Waals surface area contributed by atoms with E-state index in [-0.39, 0.29) is 23.2 Å². The molecule has 0 aromatic carbocycles. The van der Waals surface area contributed by atoms with Crippen molar-refractivity contribution in [3.8, 4) is 0 Å². The molecule has 0 fully saturated rings. The summed E-state index contributed by atoms with van der Waals surface area (Å²) in [6.45, 7) is 4.13. The molecule has 0 aromatic heterocycles. The summed E-state index contributed by atoms with van der Waals surface area (Å²) in [4.78, 5) is 24.6. The summed E-state index contributed by atoms with van der Waals surface area (Å²) < 4.78 is 0. The maximum atomic E-state index is 12.3. The quantitative estimate of drug-likeness (QED) is 0.468. The van der Waals surface area contributed by atoms with Crippen LogP contribution in [0.3, 0.4) is 0 Å². The summed E-state index contributed by atoms with van der Waals surface area (Å²) in [6.07, 6.45) is 9.88. The van der Waals surface area contributed by atoms with E-state index in [1.54, 1.807) is 0 Å². The molecule has 0 heterocycles. The van der Waals surface area contributed by atoms with Gasteiger partial charge in [-0.3, -0.25) is 9.59 Å². The second-order valence-corrected chi connectivity index (χ2v) is 6.09. The van der Waals surface area contributed by atoms with Crippen LogP contribution < -0.4 is 0 Å². The minimum absolute atomic E-state index is 0.108. The number of rotatable bonds is 5. The number of allylic oxidation sites excluding steroid dienone is 5. The standard InChI is InChI=1S/C18H24O3/c1-3-4-5-8-14-11-15(19)16(18(21)17(14)20)13-9-6-7-12(2)10-13/h10-11,13,21H,3-9H2,1-2H3/t13-/m0/s1. The third kappa shape index (κ3) is 3.52. The number of Topliss-reactive ketones (excluding diaryl/α,β-unsaturated/α-hetero) is 1. The lowest BCUT2D eigenvalue weighted by Crippen LogP contribution is -2.24. The lowest BCUT2D eigenvalue weighted by Gasteiger charge is -2.24. The fraction of sp³-hybridized carbons (Fsp3) is 0.556. The van der Waals surface area contributed by atoms with E-state index in [4.69, 9.17) is 0 Å².